The van der Waals surface area contributed by atoms with Crippen molar-refractivity contribution in [1.29, 1.82) is 0 Å². The van der Waals surface area contributed by atoms with Gasteiger partial charge in [0.05, 0.1) is 6.20 Å². The van der Waals surface area contributed by atoms with Gasteiger partial charge in [-0.05, 0) is 19.9 Å². The Labute approximate surface area is 85.4 Å². The van der Waals surface area contributed by atoms with E-state index in [4.69, 9.17) is 0 Å². The van der Waals surface area contributed by atoms with Gasteiger partial charge in [-0.1, -0.05) is 12.1 Å². The van der Waals surface area contributed by atoms with Crippen LogP contribution in [-0.2, 0) is 0 Å². The maximum atomic E-state index is 2.27. The molecule has 1 aliphatic heterocycles. The Bertz CT molecular complexity index is 311. The summed E-state index contributed by atoms with van der Waals surface area (Å²) in [6.45, 7) is 6.38. The summed E-state index contributed by atoms with van der Waals surface area (Å²) in [6, 6.07) is 8.53. The Hall–Kier alpha value is -1.28. The Morgan fingerprint density at radius 2 is 2.00 bits per heavy atom. The van der Waals surface area contributed by atoms with Crippen LogP contribution in [0.4, 0.5) is 11.4 Å². The zero-order valence-corrected chi connectivity index (χ0v) is 8.77. The van der Waals surface area contributed by atoms with E-state index in [1.807, 2.05) is 0 Å². The standard InChI is InChI=1S/C12H16N2/c1-3-13-9-10-14(4-2)12-8-6-5-7-11(12)13/h5-10H,3-4H2,1-2H3/q+1. The van der Waals surface area contributed by atoms with Crippen molar-refractivity contribution in [2.75, 3.05) is 18.0 Å². The molecule has 1 heterocycles. The first-order valence-corrected chi connectivity index (χ1v) is 5.17. The van der Waals surface area contributed by atoms with E-state index in [2.05, 4.69) is 60.3 Å². The predicted molar refractivity (Wildman–Crippen MR) is 60.9 cm³/mol. The van der Waals surface area contributed by atoms with E-state index >= 15 is 0 Å². The smallest absolute Gasteiger partial charge is 0.209 e. The lowest BCUT2D eigenvalue weighted by molar-refractivity contribution is 0.696. The van der Waals surface area contributed by atoms with Gasteiger partial charge in [-0.3, -0.25) is 0 Å². The first-order chi connectivity index (χ1) is 6.86. The van der Waals surface area contributed by atoms with E-state index in [0.29, 0.717) is 0 Å². The molecule has 0 spiro atoms. The Balaban J connectivity index is 2.44. The minimum Gasteiger partial charge on any atom is -0.338 e. The maximum absolute atomic E-state index is 2.27. The zero-order valence-electron chi connectivity index (χ0n) is 8.77. The monoisotopic (exact) mass is 188 g/mol. The molecular formula is C12H16N2+. The third kappa shape index (κ3) is 1.42. The van der Waals surface area contributed by atoms with Gasteiger partial charge in [-0.2, -0.15) is 0 Å². The number of para-hydroxylation sites is 2. The van der Waals surface area contributed by atoms with Crippen LogP contribution in [0.1, 0.15) is 13.8 Å². The summed E-state index contributed by atoms with van der Waals surface area (Å²) >= 11 is 0. The van der Waals surface area contributed by atoms with Gasteiger partial charge in [0.1, 0.15) is 12.2 Å². The van der Waals surface area contributed by atoms with Crippen LogP contribution in [0.15, 0.2) is 36.7 Å². The molecule has 0 bridgehead atoms. The third-order valence-corrected chi connectivity index (χ3v) is 2.61. The number of anilines is 2. The molecule has 14 heavy (non-hydrogen) atoms. The SMILES string of the molecule is CCN1C=C[N+](CC)c2ccccc21. The summed E-state index contributed by atoms with van der Waals surface area (Å²) in [5, 5.41) is 0. The summed E-state index contributed by atoms with van der Waals surface area (Å²) in [6.07, 6.45) is 4.29. The summed E-state index contributed by atoms with van der Waals surface area (Å²) in [5.41, 5.74) is 2.61. The average molecular weight is 188 g/mol. The fourth-order valence-corrected chi connectivity index (χ4v) is 1.82. The topological polar surface area (TPSA) is 9.14 Å². The highest BCUT2D eigenvalue weighted by Gasteiger charge is 2.24. The molecule has 2 nitrogen and oxygen atoms in total. The lowest BCUT2D eigenvalue weighted by Gasteiger charge is -2.24. The summed E-state index contributed by atoms with van der Waals surface area (Å²) in [4.78, 5) is 4.53. The first-order valence-electron chi connectivity index (χ1n) is 5.17. The van der Waals surface area contributed by atoms with E-state index in [1.165, 1.54) is 11.4 Å². The van der Waals surface area contributed by atoms with Gasteiger partial charge in [0.15, 0.2) is 6.20 Å². The molecule has 0 aromatic heterocycles. The van der Waals surface area contributed by atoms with Gasteiger partial charge in [0.25, 0.3) is 0 Å². The van der Waals surface area contributed by atoms with Crippen LogP contribution < -0.4 is 9.80 Å². The highest BCUT2D eigenvalue weighted by molar-refractivity contribution is 5.71. The van der Waals surface area contributed by atoms with Crippen LogP contribution in [0.25, 0.3) is 0 Å². The maximum Gasteiger partial charge on any atom is 0.209 e. The molecule has 2 rings (SSSR count). The van der Waals surface area contributed by atoms with Gasteiger partial charge >= 0.3 is 0 Å². The van der Waals surface area contributed by atoms with Crippen molar-refractivity contribution in [2.45, 2.75) is 13.8 Å². The van der Waals surface area contributed by atoms with Gasteiger partial charge in [0, 0.05) is 12.6 Å². The zero-order chi connectivity index (χ0) is 9.97. The lowest BCUT2D eigenvalue weighted by atomic mass is 10.2. The molecule has 2 heteroatoms. The number of hydrogen-bond acceptors (Lipinski definition) is 2. The van der Waals surface area contributed by atoms with Crippen molar-refractivity contribution in [2.24, 2.45) is 0 Å². The minimum atomic E-state index is 1.02. The highest BCUT2D eigenvalue weighted by Crippen LogP contribution is 2.32. The fourth-order valence-electron chi connectivity index (χ4n) is 1.82. The second-order valence-electron chi connectivity index (χ2n) is 3.36. The van der Waals surface area contributed by atoms with Gasteiger partial charge in [-0.25, -0.2) is 0 Å². The van der Waals surface area contributed by atoms with Crippen LogP contribution in [0.5, 0.6) is 0 Å². The van der Waals surface area contributed by atoms with Gasteiger partial charge in [-0.15, -0.1) is 4.90 Å². The second kappa shape index (κ2) is 3.84. The van der Waals surface area contributed by atoms with Crippen molar-refractivity contribution in [1.82, 2.24) is 4.90 Å². The van der Waals surface area contributed by atoms with Crippen LogP contribution in [0.3, 0.4) is 0 Å². The molecular weight excluding hydrogens is 172 g/mol. The third-order valence-electron chi connectivity index (χ3n) is 2.61. The van der Waals surface area contributed by atoms with Crippen LogP contribution in [0, 0.1) is 0 Å². The Morgan fingerprint density at radius 3 is 2.71 bits per heavy atom. The molecule has 0 saturated carbocycles. The fraction of sp³-hybridized carbons (Fsp3) is 0.333. The van der Waals surface area contributed by atoms with Gasteiger partial charge in [0.2, 0.25) is 5.69 Å². The molecule has 1 aromatic rings. The number of rotatable bonds is 2. The van der Waals surface area contributed by atoms with Crippen molar-refractivity contribution < 1.29 is 0 Å². The average Bonchev–Trinajstić information content (AvgIpc) is 2.27. The molecule has 0 unspecified atom stereocenters. The van der Waals surface area contributed by atoms with Gasteiger partial charge < -0.3 is 4.90 Å². The van der Waals surface area contributed by atoms with Crippen LogP contribution in [-0.4, -0.2) is 13.1 Å². The van der Waals surface area contributed by atoms with E-state index in [-0.39, 0.29) is 0 Å². The van der Waals surface area contributed by atoms with Crippen molar-refractivity contribution >= 4 is 11.4 Å². The molecule has 0 saturated heterocycles. The normalized spacial score (nSPS) is 15.7. The molecule has 1 aliphatic rings. The number of hydrogen-bond donors (Lipinski definition) is 0. The van der Waals surface area contributed by atoms with E-state index in [0.717, 1.165) is 13.1 Å². The number of fused-ring (bicyclic) bond motifs is 1. The summed E-state index contributed by atoms with van der Waals surface area (Å²) in [7, 11) is 0. The quantitative estimate of drug-likeness (QED) is 0.648. The molecule has 0 aliphatic carbocycles. The molecule has 0 amide bonds. The lowest BCUT2D eigenvalue weighted by Crippen LogP contribution is -2.27. The van der Waals surface area contributed by atoms with Crippen molar-refractivity contribution in [3.05, 3.63) is 36.7 Å². The Kier molecular flexibility index (Phi) is 2.55. The molecule has 1 radical (unpaired) electrons. The highest BCUT2D eigenvalue weighted by atomic mass is 15.2. The van der Waals surface area contributed by atoms with Crippen LogP contribution >= 0.6 is 0 Å². The van der Waals surface area contributed by atoms with E-state index < -0.39 is 0 Å². The van der Waals surface area contributed by atoms with Crippen molar-refractivity contribution in [3.63, 3.8) is 0 Å². The minimum absolute atomic E-state index is 1.02. The summed E-state index contributed by atoms with van der Waals surface area (Å²) < 4.78 is 0. The first kappa shape index (κ1) is 9.28. The molecule has 0 fully saturated rings. The predicted octanol–water partition coefficient (Wildman–Crippen LogP) is 2.79. The molecule has 73 valence electrons. The Morgan fingerprint density at radius 1 is 1.21 bits per heavy atom. The number of nitrogens with zero attached hydrogens (tertiary/aromatic N) is 2. The summed E-state index contributed by atoms with van der Waals surface area (Å²) in [5.74, 6) is 0. The second-order valence-corrected chi connectivity index (χ2v) is 3.36. The largest absolute Gasteiger partial charge is 0.338 e. The molecule has 0 atom stereocenters. The van der Waals surface area contributed by atoms with E-state index in [1.54, 1.807) is 0 Å². The molecule has 1 aromatic carbocycles. The van der Waals surface area contributed by atoms with Crippen molar-refractivity contribution in [3.8, 4) is 0 Å². The molecule has 0 N–H and O–H groups in total. The van der Waals surface area contributed by atoms with Crippen LogP contribution in [0.2, 0.25) is 0 Å². The number of benzene rings is 1. The van der Waals surface area contributed by atoms with E-state index in [9.17, 15) is 0 Å².